The van der Waals surface area contributed by atoms with E-state index in [0.717, 1.165) is 27.2 Å². The fourth-order valence-electron chi connectivity index (χ4n) is 4.10. The van der Waals surface area contributed by atoms with E-state index in [4.69, 9.17) is 0 Å². The van der Waals surface area contributed by atoms with Gasteiger partial charge in [-0.2, -0.15) is 5.10 Å². The number of anilines is 1. The Morgan fingerprint density at radius 3 is 2.67 bits per heavy atom. The molecular weight excluding hydrogens is 479 g/mol. The molecule has 0 saturated heterocycles. The topological polar surface area (TPSA) is 86.2 Å². The Balaban J connectivity index is 1.25. The molecule has 0 radical (unpaired) electrons. The van der Waals surface area contributed by atoms with Crippen LogP contribution < -0.4 is 11.0 Å². The van der Waals surface area contributed by atoms with E-state index in [9.17, 15) is 14.0 Å². The van der Waals surface area contributed by atoms with Crippen LogP contribution in [0.15, 0.2) is 83.8 Å². The number of aryl methyl sites for hydroxylation is 1. The van der Waals surface area contributed by atoms with Crippen LogP contribution in [0.4, 0.5) is 10.1 Å². The van der Waals surface area contributed by atoms with E-state index in [1.807, 2.05) is 37.3 Å². The van der Waals surface area contributed by atoms with Gasteiger partial charge in [0.05, 0.1) is 22.8 Å². The molecule has 0 saturated carbocycles. The minimum Gasteiger partial charge on any atom is -0.321 e. The van der Waals surface area contributed by atoms with Crippen molar-refractivity contribution in [1.29, 1.82) is 0 Å². The summed E-state index contributed by atoms with van der Waals surface area (Å²) in [5.74, 6) is -0.568. The molecule has 0 unspecified atom stereocenters. The number of nitrogens with one attached hydrogen (secondary N) is 1. The number of aromatic nitrogens is 5. The van der Waals surface area contributed by atoms with E-state index in [0.29, 0.717) is 16.2 Å². The minimum atomic E-state index is -0.321. The van der Waals surface area contributed by atoms with Gasteiger partial charge in [-0.25, -0.2) is 18.5 Å². The predicted octanol–water partition coefficient (Wildman–Crippen LogP) is 4.64. The summed E-state index contributed by atoms with van der Waals surface area (Å²) in [6.07, 6.45) is 1.68. The van der Waals surface area contributed by atoms with Gasteiger partial charge in [-0.15, -0.1) is 16.4 Å². The highest BCUT2D eigenvalue weighted by Gasteiger charge is 2.18. The second-order valence-corrected chi connectivity index (χ2v) is 9.36. The molecule has 4 aromatic heterocycles. The first-order valence-corrected chi connectivity index (χ1v) is 12.0. The molecule has 8 nitrogen and oxygen atoms in total. The lowest BCUT2D eigenvalue weighted by molar-refractivity contribution is 0.103. The number of rotatable bonds is 5. The quantitative estimate of drug-likeness (QED) is 0.375. The van der Waals surface area contributed by atoms with Crippen LogP contribution in [0.25, 0.3) is 21.6 Å². The Labute approximate surface area is 207 Å². The van der Waals surface area contributed by atoms with Crippen LogP contribution in [0.5, 0.6) is 0 Å². The van der Waals surface area contributed by atoms with E-state index >= 15 is 0 Å². The van der Waals surface area contributed by atoms with Crippen LogP contribution in [-0.4, -0.2) is 29.9 Å². The molecule has 36 heavy (non-hydrogen) atoms. The molecule has 1 amide bonds. The van der Waals surface area contributed by atoms with Crippen molar-refractivity contribution in [3.8, 4) is 5.69 Å². The largest absolute Gasteiger partial charge is 0.350 e. The molecule has 6 rings (SSSR count). The van der Waals surface area contributed by atoms with E-state index in [2.05, 4.69) is 15.5 Å². The molecule has 4 heterocycles. The molecule has 2 aromatic carbocycles. The molecule has 1 N–H and O–H groups in total. The summed E-state index contributed by atoms with van der Waals surface area (Å²) in [7, 11) is 0. The van der Waals surface area contributed by atoms with Gasteiger partial charge < -0.3 is 5.32 Å². The zero-order chi connectivity index (χ0) is 24.8. The normalized spacial score (nSPS) is 11.4. The number of amides is 1. The number of halogens is 1. The van der Waals surface area contributed by atoms with E-state index in [-0.39, 0.29) is 24.0 Å². The first-order chi connectivity index (χ1) is 17.5. The van der Waals surface area contributed by atoms with Crippen LogP contribution in [0.2, 0.25) is 0 Å². The maximum Gasteiger partial charge on any atom is 0.350 e. The highest BCUT2D eigenvalue weighted by atomic mass is 32.1. The smallest absolute Gasteiger partial charge is 0.321 e. The fraction of sp³-hybridized carbons (Fsp3) is 0.0769. The number of hydrogen-bond donors (Lipinski definition) is 1. The van der Waals surface area contributed by atoms with Gasteiger partial charge in [0.15, 0.2) is 5.65 Å². The van der Waals surface area contributed by atoms with E-state index in [1.54, 1.807) is 41.2 Å². The highest BCUT2D eigenvalue weighted by molar-refractivity contribution is 7.20. The van der Waals surface area contributed by atoms with Gasteiger partial charge >= 0.3 is 5.69 Å². The average molecular weight is 499 g/mol. The maximum atomic E-state index is 13.4. The Morgan fingerprint density at radius 1 is 1.03 bits per heavy atom. The van der Waals surface area contributed by atoms with E-state index < -0.39 is 0 Å². The summed E-state index contributed by atoms with van der Waals surface area (Å²) in [5.41, 5.74) is 3.30. The molecule has 0 fully saturated rings. The van der Waals surface area contributed by atoms with Gasteiger partial charge in [0.1, 0.15) is 10.6 Å². The lowest BCUT2D eigenvalue weighted by Crippen LogP contribution is -2.21. The number of hydrogen-bond acceptors (Lipinski definition) is 5. The van der Waals surface area contributed by atoms with Crippen molar-refractivity contribution in [2.45, 2.75) is 13.5 Å². The van der Waals surface area contributed by atoms with Gasteiger partial charge in [-0.1, -0.05) is 18.2 Å². The van der Waals surface area contributed by atoms with Crippen LogP contribution in [-0.2, 0) is 6.54 Å². The van der Waals surface area contributed by atoms with Gasteiger partial charge in [0.2, 0.25) is 0 Å². The molecule has 6 aromatic rings. The Morgan fingerprint density at radius 2 is 1.86 bits per heavy atom. The second-order valence-electron chi connectivity index (χ2n) is 8.33. The lowest BCUT2D eigenvalue weighted by atomic mass is 10.2. The first-order valence-electron chi connectivity index (χ1n) is 11.2. The summed E-state index contributed by atoms with van der Waals surface area (Å²) in [5, 5.41) is 12.7. The second kappa shape index (κ2) is 8.58. The molecule has 0 aliphatic rings. The van der Waals surface area contributed by atoms with E-state index in [1.165, 1.54) is 32.6 Å². The zero-order valence-electron chi connectivity index (χ0n) is 19.1. The summed E-state index contributed by atoms with van der Waals surface area (Å²) < 4.78 is 18.0. The number of thiophene rings is 1. The van der Waals surface area contributed by atoms with Crippen molar-refractivity contribution in [3.63, 3.8) is 0 Å². The molecule has 10 heteroatoms. The number of benzene rings is 2. The summed E-state index contributed by atoms with van der Waals surface area (Å²) >= 11 is 1.32. The molecule has 0 spiro atoms. The van der Waals surface area contributed by atoms with Crippen molar-refractivity contribution < 1.29 is 9.18 Å². The van der Waals surface area contributed by atoms with Gasteiger partial charge in [-0.05, 0) is 67.1 Å². The number of nitrogens with zero attached hydrogens (tertiary/aromatic N) is 5. The minimum absolute atomic E-state index is 0.226. The Kier molecular flexibility index (Phi) is 5.23. The molecule has 0 aliphatic carbocycles. The van der Waals surface area contributed by atoms with Gasteiger partial charge in [-0.3, -0.25) is 9.20 Å². The zero-order valence-corrected chi connectivity index (χ0v) is 19.9. The first kappa shape index (κ1) is 21.9. The third-order valence-electron chi connectivity index (χ3n) is 5.85. The van der Waals surface area contributed by atoms with Crippen LogP contribution in [0, 0.1) is 12.7 Å². The summed E-state index contributed by atoms with van der Waals surface area (Å²) in [6.45, 7) is 2.15. The molecule has 0 atom stereocenters. The number of fused-ring (bicyclic) bond motifs is 2. The van der Waals surface area contributed by atoms with Crippen LogP contribution in [0.1, 0.15) is 20.9 Å². The number of pyridine rings is 1. The molecule has 0 aliphatic heterocycles. The monoisotopic (exact) mass is 498 g/mol. The standard InChI is InChI=1S/C26H19FN6O2S/c1-16-21-14-22(36-25(21)33(29-16)20-10-8-18(27)9-11-20)24(34)28-19-6-4-5-17(13-19)15-32-26(35)31-12-3-2-7-23(31)30-32/h2-14H,15H2,1H3,(H,28,34). The summed E-state index contributed by atoms with van der Waals surface area (Å²) in [4.78, 5) is 27.0. The molecular formula is C26H19FN6O2S. The fourth-order valence-corrected chi connectivity index (χ4v) is 5.18. The van der Waals surface area contributed by atoms with Gasteiger partial charge in [0, 0.05) is 17.3 Å². The van der Waals surface area contributed by atoms with Crippen LogP contribution in [0.3, 0.4) is 0 Å². The SMILES string of the molecule is Cc1nn(-c2ccc(F)cc2)c2sc(C(=O)Nc3cccc(Cn4nc5ccccn5c4=O)c3)cc12. The average Bonchev–Trinajstić information content (AvgIpc) is 3.54. The maximum absolute atomic E-state index is 13.4. The molecule has 0 bridgehead atoms. The van der Waals surface area contributed by atoms with Crippen molar-refractivity contribution >= 4 is 38.8 Å². The number of carbonyl (C=O) groups excluding carboxylic acids is 1. The Hall–Kier alpha value is -4.57. The third kappa shape index (κ3) is 3.87. The van der Waals surface area contributed by atoms with Crippen molar-refractivity contribution in [3.05, 3.63) is 111 Å². The van der Waals surface area contributed by atoms with Crippen molar-refractivity contribution in [2.24, 2.45) is 0 Å². The van der Waals surface area contributed by atoms with Crippen molar-refractivity contribution in [1.82, 2.24) is 24.0 Å². The summed E-state index contributed by atoms with van der Waals surface area (Å²) in [6, 6.07) is 20.6. The van der Waals surface area contributed by atoms with Crippen LogP contribution >= 0.6 is 11.3 Å². The highest BCUT2D eigenvalue weighted by Crippen LogP contribution is 2.31. The Bertz CT molecular complexity index is 1810. The van der Waals surface area contributed by atoms with Crippen molar-refractivity contribution in [2.75, 3.05) is 5.32 Å². The lowest BCUT2D eigenvalue weighted by Gasteiger charge is -2.06. The number of carbonyl (C=O) groups is 1. The third-order valence-corrected chi connectivity index (χ3v) is 6.95. The van der Waals surface area contributed by atoms with Gasteiger partial charge in [0.25, 0.3) is 5.91 Å². The molecule has 178 valence electrons. The predicted molar refractivity (Wildman–Crippen MR) is 137 cm³/mol.